The molecule has 0 aromatic rings. The minimum absolute atomic E-state index is 0.0976. The van der Waals surface area contributed by atoms with Crippen molar-refractivity contribution in [2.75, 3.05) is 26.7 Å². The van der Waals surface area contributed by atoms with Gasteiger partial charge < -0.3 is 20.6 Å². The number of piperidine rings is 1. The number of hydrogen-bond donors (Lipinski definition) is 3. The van der Waals surface area contributed by atoms with Gasteiger partial charge in [-0.15, -0.1) is 0 Å². The third kappa shape index (κ3) is 5.00. The largest absolute Gasteiger partial charge is 0.480 e. The van der Waals surface area contributed by atoms with E-state index in [4.69, 9.17) is 5.11 Å². The Bertz CT molecular complexity index is 350. The smallest absolute Gasteiger partial charge is 0.326 e. The van der Waals surface area contributed by atoms with Crippen LogP contribution in [-0.4, -0.2) is 54.7 Å². The van der Waals surface area contributed by atoms with Gasteiger partial charge in [0.15, 0.2) is 0 Å². The van der Waals surface area contributed by atoms with Gasteiger partial charge in [-0.3, -0.25) is 0 Å². The fraction of sp³-hybridized carbons (Fsp3) is 0.857. The monoisotopic (exact) mass is 285 g/mol. The predicted octanol–water partition coefficient (Wildman–Crippen LogP) is 1.13. The van der Waals surface area contributed by atoms with E-state index < -0.39 is 18.0 Å². The van der Waals surface area contributed by atoms with Gasteiger partial charge in [-0.05, 0) is 44.3 Å². The molecule has 20 heavy (non-hydrogen) atoms. The van der Waals surface area contributed by atoms with Gasteiger partial charge in [0, 0.05) is 6.54 Å². The Morgan fingerprint density at radius 3 is 2.30 bits per heavy atom. The molecule has 1 aliphatic heterocycles. The Balaban J connectivity index is 2.41. The Morgan fingerprint density at radius 1 is 1.30 bits per heavy atom. The average molecular weight is 285 g/mol. The molecule has 0 saturated carbocycles. The van der Waals surface area contributed by atoms with Crippen molar-refractivity contribution in [1.29, 1.82) is 0 Å². The maximum atomic E-state index is 11.8. The average Bonchev–Trinajstić information content (AvgIpc) is 2.37. The van der Waals surface area contributed by atoms with Crippen molar-refractivity contribution >= 4 is 12.0 Å². The number of aliphatic carboxylic acids is 1. The molecule has 6 nitrogen and oxygen atoms in total. The first-order valence-electron chi connectivity index (χ1n) is 7.19. The standard InChI is InChI=1S/C14H27N3O3/c1-10(2)11(12(18)19)16-13(20)15-9-14(3)5-7-17(4)8-6-14/h10-11H,5-9H2,1-4H3,(H,18,19)(H2,15,16,20)/t11-/m1/s1. The zero-order valence-electron chi connectivity index (χ0n) is 12.9. The summed E-state index contributed by atoms with van der Waals surface area (Å²) in [4.78, 5) is 25.1. The van der Waals surface area contributed by atoms with Crippen molar-refractivity contribution in [2.45, 2.75) is 39.7 Å². The van der Waals surface area contributed by atoms with Crippen molar-refractivity contribution in [2.24, 2.45) is 11.3 Å². The highest BCUT2D eigenvalue weighted by Gasteiger charge is 2.30. The highest BCUT2D eigenvalue weighted by molar-refractivity contribution is 5.82. The fourth-order valence-electron chi connectivity index (χ4n) is 2.33. The van der Waals surface area contributed by atoms with Gasteiger partial charge >= 0.3 is 12.0 Å². The number of rotatable bonds is 5. The molecule has 0 bridgehead atoms. The van der Waals surface area contributed by atoms with E-state index in [0.717, 1.165) is 25.9 Å². The molecule has 116 valence electrons. The van der Waals surface area contributed by atoms with Crippen molar-refractivity contribution in [3.8, 4) is 0 Å². The van der Waals surface area contributed by atoms with E-state index in [2.05, 4.69) is 29.5 Å². The van der Waals surface area contributed by atoms with Crippen LogP contribution in [0.4, 0.5) is 4.79 Å². The lowest BCUT2D eigenvalue weighted by molar-refractivity contribution is -0.140. The highest BCUT2D eigenvalue weighted by atomic mass is 16.4. The zero-order chi connectivity index (χ0) is 15.3. The van der Waals surface area contributed by atoms with Crippen LogP contribution in [0.15, 0.2) is 0 Å². The Hall–Kier alpha value is -1.30. The van der Waals surface area contributed by atoms with E-state index in [1.54, 1.807) is 13.8 Å². The van der Waals surface area contributed by atoms with Gasteiger partial charge in [0.25, 0.3) is 0 Å². The highest BCUT2D eigenvalue weighted by Crippen LogP contribution is 2.29. The lowest BCUT2D eigenvalue weighted by Gasteiger charge is -2.38. The van der Waals surface area contributed by atoms with Crippen LogP contribution in [-0.2, 0) is 4.79 Å². The summed E-state index contributed by atoms with van der Waals surface area (Å²) in [6.45, 7) is 8.36. The summed E-state index contributed by atoms with van der Waals surface area (Å²) in [5, 5.41) is 14.4. The quantitative estimate of drug-likeness (QED) is 0.707. The van der Waals surface area contributed by atoms with Gasteiger partial charge in [-0.1, -0.05) is 20.8 Å². The van der Waals surface area contributed by atoms with Gasteiger partial charge in [0.2, 0.25) is 0 Å². The van der Waals surface area contributed by atoms with E-state index in [-0.39, 0.29) is 11.3 Å². The van der Waals surface area contributed by atoms with Crippen LogP contribution in [0.1, 0.15) is 33.6 Å². The number of likely N-dealkylation sites (tertiary alicyclic amines) is 1. The third-order valence-electron chi connectivity index (χ3n) is 4.09. The number of amides is 2. The molecule has 0 unspecified atom stereocenters. The predicted molar refractivity (Wildman–Crippen MR) is 77.6 cm³/mol. The molecule has 1 atom stereocenters. The van der Waals surface area contributed by atoms with Crippen LogP contribution < -0.4 is 10.6 Å². The summed E-state index contributed by atoms with van der Waals surface area (Å²) in [6, 6.07) is -1.24. The topological polar surface area (TPSA) is 81.7 Å². The molecule has 1 saturated heterocycles. The number of urea groups is 1. The summed E-state index contributed by atoms with van der Waals surface area (Å²) >= 11 is 0. The molecule has 0 radical (unpaired) electrons. The van der Waals surface area contributed by atoms with Gasteiger partial charge in [0.1, 0.15) is 6.04 Å². The third-order valence-corrected chi connectivity index (χ3v) is 4.09. The van der Waals surface area contributed by atoms with Gasteiger partial charge in [-0.25, -0.2) is 9.59 Å². The lowest BCUT2D eigenvalue weighted by atomic mass is 9.80. The Labute approximate surface area is 120 Å². The first-order valence-corrected chi connectivity index (χ1v) is 7.19. The second-order valence-electron chi connectivity index (χ2n) is 6.50. The molecule has 6 heteroatoms. The van der Waals surface area contributed by atoms with E-state index in [0.29, 0.717) is 6.54 Å². The lowest BCUT2D eigenvalue weighted by Crippen LogP contribution is -2.51. The van der Waals surface area contributed by atoms with Crippen LogP contribution in [0.5, 0.6) is 0 Å². The van der Waals surface area contributed by atoms with Crippen molar-refractivity contribution < 1.29 is 14.7 Å². The number of nitrogens with one attached hydrogen (secondary N) is 2. The molecule has 0 aromatic carbocycles. The second-order valence-corrected chi connectivity index (χ2v) is 6.50. The molecule has 1 aliphatic rings. The maximum absolute atomic E-state index is 11.8. The number of hydrogen-bond acceptors (Lipinski definition) is 3. The minimum Gasteiger partial charge on any atom is -0.480 e. The molecule has 3 N–H and O–H groups in total. The van der Waals surface area contributed by atoms with Gasteiger partial charge in [0.05, 0.1) is 0 Å². The first-order chi connectivity index (χ1) is 9.23. The molecule has 1 fully saturated rings. The van der Waals surface area contributed by atoms with Crippen molar-refractivity contribution in [1.82, 2.24) is 15.5 Å². The molecule has 1 heterocycles. The van der Waals surface area contributed by atoms with Crippen LogP contribution >= 0.6 is 0 Å². The van der Waals surface area contributed by atoms with E-state index in [9.17, 15) is 9.59 Å². The summed E-state index contributed by atoms with van der Waals surface area (Å²) < 4.78 is 0. The number of carboxylic acid groups (broad SMARTS) is 1. The Kier molecular flexibility index (Phi) is 5.80. The second kappa shape index (κ2) is 6.92. The number of carbonyl (C=O) groups is 2. The molecular weight excluding hydrogens is 258 g/mol. The van der Waals surface area contributed by atoms with Crippen LogP contribution in [0.25, 0.3) is 0 Å². The molecule has 2 amide bonds. The van der Waals surface area contributed by atoms with E-state index in [1.807, 2.05) is 0 Å². The number of carbonyl (C=O) groups excluding carboxylic acids is 1. The number of carboxylic acids is 1. The minimum atomic E-state index is -0.999. The summed E-state index contributed by atoms with van der Waals surface area (Å²) in [6.07, 6.45) is 2.08. The Morgan fingerprint density at radius 2 is 1.85 bits per heavy atom. The van der Waals surface area contributed by atoms with Crippen LogP contribution in [0, 0.1) is 11.3 Å². The van der Waals surface area contributed by atoms with Crippen LogP contribution in [0.2, 0.25) is 0 Å². The molecule has 1 rings (SSSR count). The van der Waals surface area contributed by atoms with E-state index in [1.165, 1.54) is 0 Å². The molecule has 0 aliphatic carbocycles. The fourth-order valence-corrected chi connectivity index (χ4v) is 2.33. The number of nitrogens with zero attached hydrogens (tertiary/aromatic N) is 1. The summed E-state index contributed by atoms with van der Waals surface area (Å²) in [7, 11) is 2.10. The van der Waals surface area contributed by atoms with Crippen LogP contribution in [0.3, 0.4) is 0 Å². The van der Waals surface area contributed by atoms with Crippen molar-refractivity contribution in [3.05, 3.63) is 0 Å². The molecule has 0 spiro atoms. The van der Waals surface area contributed by atoms with Gasteiger partial charge in [-0.2, -0.15) is 0 Å². The SMILES string of the molecule is CC(C)[C@@H](NC(=O)NCC1(C)CCN(C)CC1)C(=O)O. The normalized spacial score (nSPS) is 20.4. The zero-order valence-corrected chi connectivity index (χ0v) is 12.9. The van der Waals surface area contributed by atoms with Crippen molar-refractivity contribution in [3.63, 3.8) is 0 Å². The molecular formula is C14H27N3O3. The first kappa shape index (κ1) is 16.8. The van der Waals surface area contributed by atoms with E-state index >= 15 is 0 Å². The summed E-state index contributed by atoms with van der Waals surface area (Å²) in [5.41, 5.74) is 0.0976. The maximum Gasteiger partial charge on any atom is 0.326 e. The summed E-state index contributed by atoms with van der Waals surface area (Å²) in [5.74, 6) is -1.14. The molecule has 0 aromatic heterocycles.